The summed E-state index contributed by atoms with van der Waals surface area (Å²) < 4.78 is 1.78. The van der Waals surface area contributed by atoms with Crippen molar-refractivity contribution in [1.29, 1.82) is 0 Å². The van der Waals surface area contributed by atoms with Crippen LogP contribution in [-0.2, 0) is 0 Å². The largest absolute Gasteiger partial charge is 0.348 e. The van der Waals surface area contributed by atoms with Crippen molar-refractivity contribution in [2.45, 2.75) is 20.0 Å². The first-order chi connectivity index (χ1) is 8.16. The highest BCUT2D eigenvalue weighted by Gasteiger charge is 2.16. The van der Waals surface area contributed by atoms with Gasteiger partial charge in [-0.1, -0.05) is 25.4 Å². The second-order valence-corrected chi connectivity index (χ2v) is 4.51. The fourth-order valence-electron chi connectivity index (χ4n) is 1.51. The zero-order valence-electron chi connectivity index (χ0n) is 9.71. The minimum absolute atomic E-state index is 0.0196. The SMILES string of the molecule is CC(C)C(Nc1ccc(Cl)cn1)n1cncn1. The molecule has 0 radical (unpaired) electrons. The maximum Gasteiger partial charge on any atom is 0.137 e. The molecule has 1 atom stereocenters. The third-order valence-corrected chi connectivity index (χ3v) is 2.60. The van der Waals surface area contributed by atoms with Crippen molar-refractivity contribution < 1.29 is 0 Å². The number of hydrogen-bond acceptors (Lipinski definition) is 4. The Kier molecular flexibility index (Phi) is 3.58. The van der Waals surface area contributed by atoms with Gasteiger partial charge in [0.2, 0.25) is 0 Å². The molecule has 2 aromatic heterocycles. The molecule has 2 heterocycles. The average molecular weight is 252 g/mol. The zero-order valence-corrected chi connectivity index (χ0v) is 10.5. The van der Waals surface area contributed by atoms with Gasteiger partial charge in [-0.2, -0.15) is 5.10 Å². The van der Waals surface area contributed by atoms with Gasteiger partial charge in [-0.3, -0.25) is 0 Å². The normalized spacial score (nSPS) is 12.7. The van der Waals surface area contributed by atoms with Crippen molar-refractivity contribution in [3.05, 3.63) is 36.0 Å². The third kappa shape index (κ3) is 2.94. The molecule has 2 rings (SSSR count). The third-order valence-electron chi connectivity index (χ3n) is 2.38. The van der Waals surface area contributed by atoms with Gasteiger partial charge in [0.05, 0.1) is 5.02 Å². The Balaban J connectivity index is 2.16. The highest BCUT2D eigenvalue weighted by molar-refractivity contribution is 6.30. The van der Waals surface area contributed by atoms with Gasteiger partial charge in [0.1, 0.15) is 24.6 Å². The molecular weight excluding hydrogens is 238 g/mol. The van der Waals surface area contributed by atoms with Crippen molar-refractivity contribution >= 4 is 17.4 Å². The number of pyridine rings is 1. The summed E-state index contributed by atoms with van der Waals surface area (Å²) in [6, 6.07) is 3.64. The lowest BCUT2D eigenvalue weighted by atomic mass is 10.1. The van der Waals surface area contributed by atoms with Crippen molar-refractivity contribution in [3.8, 4) is 0 Å². The molecule has 0 saturated carbocycles. The van der Waals surface area contributed by atoms with Crippen LogP contribution in [0.25, 0.3) is 0 Å². The lowest BCUT2D eigenvalue weighted by Crippen LogP contribution is -2.24. The van der Waals surface area contributed by atoms with Crippen molar-refractivity contribution in [3.63, 3.8) is 0 Å². The fraction of sp³-hybridized carbons (Fsp3) is 0.364. The summed E-state index contributed by atoms with van der Waals surface area (Å²) in [4.78, 5) is 8.16. The van der Waals surface area contributed by atoms with Crippen LogP contribution in [0.1, 0.15) is 20.0 Å². The van der Waals surface area contributed by atoms with E-state index in [1.54, 1.807) is 23.3 Å². The molecule has 0 aliphatic heterocycles. The molecule has 0 aromatic carbocycles. The Morgan fingerprint density at radius 1 is 1.35 bits per heavy atom. The van der Waals surface area contributed by atoms with E-state index in [0.717, 1.165) is 5.82 Å². The molecule has 0 amide bonds. The smallest absolute Gasteiger partial charge is 0.137 e. The second-order valence-electron chi connectivity index (χ2n) is 4.07. The Morgan fingerprint density at radius 3 is 2.71 bits per heavy atom. The maximum absolute atomic E-state index is 5.79. The van der Waals surface area contributed by atoms with Crippen LogP contribution in [0, 0.1) is 5.92 Å². The van der Waals surface area contributed by atoms with Crippen molar-refractivity contribution in [2.75, 3.05) is 5.32 Å². The van der Waals surface area contributed by atoms with Gasteiger partial charge in [0.15, 0.2) is 0 Å². The van der Waals surface area contributed by atoms with E-state index in [-0.39, 0.29) is 6.17 Å². The van der Waals surface area contributed by atoms with E-state index in [1.165, 1.54) is 6.33 Å². The predicted molar refractivity (Wildman–Crippen MR) is 66.8 cm³/mol. The molecule has 1 unspecified atom stereocenters. The molecule has 90 valence electrons. The van der Waals surface area contributed by atoms with Crippen LogP contribution < -0.4 is 5.32 Å². The molecule has 0 bridgehead atoms. The lowest BCUT2D eigenvalue weighted by Gasteiger charge is -2.22. The number of rotatable bonds is 4. The van der Waals surface area contributed by atoms with E-state index in [1.807, 2.05) is 6.07 Å². The number of nitrogens with zero attached hydrogens (tertiary/aromatic N) is 4. The van der Waals surface area contributed by atoms with E-state index in [2.05, 4.69) is 34.2 Å². The standard InChI is InChI=1S/C11H14ClN5/c1-8(2)11(17-7-13-6-15-17)16-10-4-3-9(12)5-14-10/h3-8,11H,1-2H3,(H,14,16). The fourth-order valence-corrected chi connectivity index (χ4v) is 1.62. The summed E-state index contributed by atoms with van der Waals surface area (Å²) in [7, 11) is 0. The molecule has 0 aliphatic carbocycles. The van der Waals surface area contributed by atoms with Crippen molar-refractivity contribution in [2.24, 2.45) is 5.92 Å². The van der Waals surface area contributed by atoms with Gasteiger partial charge in [-0.05, 0) is 18.1 Å². The molecule has 5 nitrogen and oxygen atoms in total. The number of halogens is 1. The summed E-state index contributed by atoms with van der Waals surface area (Å²) in [6.07, 6.45) is 4.84. The molecule has 2 aromatic rings. The first kappa shape index (κ1) is 11.9. The van der Waals surface area contributed by atoms with Gasteiger partial charge in [-0.15, -0.1) is 0 Å². The zero-order chi connectivity index (χ0) is 12.3. The minimum Gasteiger partial charge on any atom is -0.348 e. The van der Waals surface area contributed by atoms with E-state index < -0.39 is 0 Å². The Hall–Kier alpha value is -1.62. The van der Waals surface area contributed by atoms with Gasteiger partial charge >= 0.3 is 0 Å². The minimum atomic E-state index is 0.0196. The molecule has 0 aliphatic rings. The number of anilines is 1. The molecule has 0 fully saturated rings. The Labute approximate surface area is 105 Å². The lowest BCUT2D eigenvalue weighted by molar-refractivity contribution is 0.384. The Morgan fingerprint density at radius 2 is 2.18 bits per heavy atom. The average Bonchev–Trinajstić information content (AvgIpc) is 2.81. The van der Waals surface area contributed by atoms with Crippen LogP contribution in [0.2, 0.25) is 5.02 Å². The highest BCUT2D eigenvalue weighted by atomic mass is 35.5. The molecule has 17 heavy (non-hydrogen) atoms. The van der Waals surface area contributed by atoms with Crippen molar-refractivity contribution in [1.82, 2.24) is 19.7 Å². The predicted octanol–water partition coefficient (Wildman–Crippen LogP) is 2.59. The van der Waals surface area contributed by atoms with E-state index in [9.17, 15) is 0 Å². The first-order valence-electron chi connectivity index (χ1n) is 5.39. The van der Waals surface area contributed by atoms with Gasteiger partial charge < -0.3 is 5.32 Å². The van der Waals surface area contributed by atoms with Crippen LogP contribution >= 0.6 is 11.6 Å². The molecule has 0 spiro atoms. The number of nitrogens with one attached hydrogen (secondary N) is 1. The van der Waals surface area contributed by atoms with Crippen LogP contribution in [-0.4, -0.2) is 19.7 Å². The second kappa shape index (κ2) is 5.14. The Bertz CT molecular complexity index is 451. The van der Waals surface area contributed by atoms with E-state index >= 15 is 0 Å². The molecule has 1 N–H and O–H groups in total. The molecule has 6 heteroatoms. The number of hydrogen-bond donors (Lipinski definition) is 1. The van der Waals surface area contributed by atoms with Crippen LogP contribution in [0.4, 0.5) is 5.82 Å². The highest BCUT2D eigenvalue weighted by Crippen LogP contribution is 2.19. The van der Waals surface area contributed by atoms with Crippen LogP contribution in [0.5, 0.6) is 0 Å². The quantitative estimate of drug-likeness (QED) is 0.908. The number of aromatic nitrogens is 4. The monoisotopic (exact) mass is 251 g/mol. The summed E-state index contributed by atoms with van der Waals surface area (Å²) in [5, 5.41) is 8.06. The van der Waals surface area contributed by atoms with E-state index in [0.29, 0.717) is 10.9 Å². The van der Waals surface area contributed by atoms with Crippen LogP contribution in [0.3, 0.4) is 0 Å². The maximum atomic E-state index is 5.79. The van der Waals surface area contributed by atoms with Gasteiger partial charge in [-0.25, -0.2) is 14.6 Å². The van der Waals surface area contributed by atoms with E-state index in [4.69, 9.17) is 11.6 Å². The molecular formula is C11H14ClN5. The summed E-state index contributed by atoms with van der Waals surface area (Å²) in [5.74, 6) is 1.12. The van der Waals surface area contributed by atoms with Gasteiger partial charge in [0.25, 0.3) is 0 Å². The summed E-state index contributed by atoms with van der Waals surface area (Å²) in [6.45, 7) is 4.21. The van der Waals surface area contributed by atoms with Gasteiger partial charge in [0, 0.05) is 6.20 Å². The topological polar surface area (TPSA) is 55.6 Å². The van der Waals surface area contributed by atoms with Crippen LogP contribution in [0.15, 0.2) is 31.0 Å². The summed E-state index contributed by atoms with van der Waals surface area (Å²) in [5.41, 5.74) is 0. The molecule has 0 saturated heterocycles. The first-order valence-corrected chi connectivity index (χ1v) is 5.77. The summed E-state index contributed by atoms with van der Waals surface area (Å²) >= 11 is 5.79.